The third kappa shape index (κ3) is 4.70. The molecule has 0 aliphatic carbocycles. The second-order valence-electron chi connectivity index (χ2n) is 8.49. The largest absolute Gasteiger partial charge is 0.488 e. The number of hydrogen-bond donors (Lipinski definition) is 3. The number of benzene rings is 1. The molecule has 2 aliphatic rings. The van der Waals surface area contributed by atoms with Crippen LogP contribution in [0.5, 0.6) is 5.75 Å². The van der Waals surface area contributed by atoms with Gasteiger partial charge in [0.25, 0.3) is 0 Å². The Balaban J connectivity index is 1.15. The van der Waals surface area contributed by atoms with Crippen molar-refractivity contribution in [2.45, 2.75) is 31.5 Å². The number of rotatable bonds is 9. The zero-order valence-electron chi connectivity index (χ0n) is 18.2. The van der Waals surface area contributed by atoms with Gasteiger partial charge in [0.1, 0.15) is 6.33 Å². The molecule has 3 N–H and O–H groups in total. The Morgan fingerprint density at radius 1 is 1.12 bits per heavy atom. The van der Waals surface area contributed by atoms with E-state index in [9.17, 15) is 0 Å². The van der Waals surface area contributed by atoms with Crippen LogP contribution in [0.3, 0.4) is 0 Å². The quantitative estimate of drug-likeness (QED) is 0.353. The molecule has 0 spiro atoms. The first-order chi connectivity index (χ1) is 15.7. The Hall–Kier alpha value is -3.12. The molecule has 32 heavy (non-hydrogen) atoms. The molecule has 166 valence electrons. The number of para-hydroxylation sites is 1. The van der Waals surface area contributed by atoms with E-state index in [4.69, 9.17) is 11.2 Å². The summed E-state index contributed by atoms with van der Waals surface area (Å²) in [5.74, 6) is 4.31. The average molecular weight is 432 g/mol. The van der Waals surface area contributed by atoms with Crippen molar-refractivity contribution in [1.29, 1.82) is 0 Å². The van der Waals surface area contributed by atoms with Crippen molar-refractivity contribution in [3.8, 4) is 18.1 Å². The van der Waals surface area contributed by atoms with E-state index < -0.39 is 0 Å². The summed E-state index contributed by atoms with van der Waals surface area (Å²) in [5.41, 5.74) is 8.77. The molecular weight excluding hydrogens is 402 g/mol. The van der Waals surface area contributed by atoms with Crippen molar-refractivity contribution < 1.29 is 4.74 Å². The minimum absolute atomic E-state index is 0.0869. The first-order valence-electron chi connectivity index (χ1n) is 11.2. The maximum Gasteiger partial charge on any atom is 0.180 e. The molecule has 2 saturated heterocycles. The highest BCUT2D eigenvalue weighted by molar-refractivity contribution is 5.80. The number of fused-ring (bicyclic) bond motifs is 1. The van der Waals surface area contributed by atoms with Crippen molar-refractivity contribution in [1.82, 2.24) is 30.7 Å². The van der Waals surface area contributed by atoms with Crippen LogP contribution in [0.1, 0.15) is 25.0 Å². The molecule has 4 heterocycles. The number of nitrogens with zero attached hydrogens (tertiary/aromatic N) is 4. The fraction of sp³-hybridized carbons (Fsp3) is 0.417. The first-order valence-corrected chi connectivity index (χ1v) is 11.2. The molecule has 0 atom stereocenters. The maximum atomic E-state index is 6.09. The molecule has 8 heteroatoms. The van der Waals surface area contributed by atoms with Crippen LogP contribution in [0.25, 0.3) is 10.9 Å². The number of hydrogen-bond acceptors (Lipinski definition) is 7. The van der Waals surface area contributed by atoms with Crippen LogP contribution in [0.2, 0.25) is 0 Å². The van der Waals surface area contributed by atoms with Gasteiger partial charge < -0.3 is 14.6 Å². The molecule has 0 unspecified atom stereocenters. The van der Waals surface area contributed by atoms with Crippen molar-refractivity contribution >= 4 is 16.7 Å². The molecule has 1 aromatic carbocycles. The Bertz CT molecular complexity index is 1060. The van der Waals surface area contributed by atoms with Gasteiger partial charge in [-0.05, 0) is 23.9 Å². The number of aromatic nitrogens is 3. The average Bonchev–Trinajstić information content (AvgIpc) is 3.48. The van der Waals surface area contributed by atoms with E-state index in [0.29, 0.717) is 6.61 Å². The fourth-order valence-electron chi connectivity index (χ4n) is 4.31. The van der Waals surface area contributed by atoms with Gasteiger partial charge in [0, 0.05) is 56.8 Å². The van der Waals surface area contributed by atoms with E-state index in [1.165, 1.54) is 16.6 Å². The van der Waals surface area contributed by atoms with Gasteiger partial charge in [0.05, 0.1) is 18.5 Å². The lowest BCUT2D eigenvalue weighted by Crippen LogP contribution is -2.46. The van der Waals surface area contributed by atoms with Gasteiger partial charge in [-0.3, -0.25) is 4.90 Å². The summed E-state index contributed by atoms with van der Waals surface area (Å²) in [7, 11) is 0. The summed E-state index contributed by atoms with van der Waals surface area (Å²) in [5, 5.41) is 1.27. The van der Waals surface area contributed by atoms with Crippen LogP contribution in [-0.2, 0) is 6.54 Å². The molecule has 2 fully saturated rings. The summed E-state index contributed by atoms with van der Waals surface area (Å²) < 4.78 is 6.09. The van der Waals surface area contributed by atoms with E-state index in [0.717, 1.165) is 63.6 Å². The second kappa shape index (κ2) is 9.17. The van der Waals surface area contributed by atoms with Crippen LogP contribution >= 0.6 is 0 Å². The lowest BCUT2D eigenvalue weighted by Gasteiger charge is -2.35. The number of terminal acetylenes is 1. The Labute approximate surface area is 188 Å². The van der Waals surface area contributed by atoms with Gasteiger partial charge in [-0.1, -0.05) is 18.2 Å². The van der Waals surface area contributed by atoms with Crippen LogP contribution in [0.4, 0.5) is 5.82 Å². The van der Waals surface area contributed by atoms with Gasteiger partial charge in [-0.25, -0.2) is 20.8 Å². The lowest BCUT2D eigenvalue weighted by molar-refractivity contribution is 0.244. The van der Waals surface area contributed by atoms with Gasteiger partial charge in [0.2, 0.25) is 0 Å². The van der Waals surface area contributed by atoms with E-state index in [2.05, 4.69) is 71.9 Å². The number of ether oxygens (including phenoxy) is 1. The van der Waals surface area contributed by atoms with Crippen molar-refractivity contribution in [3.63, 3.8) is 0 Å². The van der Waals surface area contributed by atoms with E-state index >= 15 is 0 Å². The zero-order chi connectivity index (χ0) is 21.8. The highest BCUT2D eigenvalue weighted by Gasteiger charge is 2.40. The smallest absolute Gasteiger partial charge is 0.180 e. The summed E-state index contributed by atoms with van der Waals surface area (Å²) in [6, 6.07) is 10.7. The molecule has 0 bridgehead atoms. The molecular formula is C24H29N7O. The molecule has 5 rings (SSSR count). The molecule has 2 aliphatic heterocycles. The number of piperazine rings is 1. The Kier molecular flexibility index (Phi) is 5.95. The number of H-pyrrole nitrogens is 1. The molecule has 2 aromatic heterocycles. The maximum absolute atomic E-state index is 6.09. The van der Waals surface area contributed by atoms with E-state index in [1.54, 1.807) is 12.5 Å². The minimum atomic E-state index is -0.0869. The molecule has 0 radical (unpaired) electrons. The van der Waals surface area contributed by atoms with Crippen molar-refractivity contribution in [3.05, 3.63) is 48.5 Å². The Morgan fingerprint density at radius 2 is 1.97 bits per heavy atom. The number of anilines is 1. The standard InChI is InChI=1S/C24H29N7O/c1-2-3-8-24(28-29-24)9-14-32-22-16-25-18-26-23(22)31-12-10-30(11-13-31)17-20-15-19-6-4-5-7-21(19)27-20/h1,4-7,15-16,18,27-29H,3,8-14,17H2. The SMILES string of the molecule is C#CCCC1(CCOc2cncnc2N2CCN(Cc3cc4ccccc4[nH]3)CC2)NN1. The Morgan fingerprint density at radius 3 is 2.75 bits per heavy atom. The number of nitrogens with one attached hydrogen (secondary N) is 3. The highest BCUT2D eigenvalue weighted by atomic mass is 16.5. The monoisotopic (exact) mass is 431 g/mol. The van der Waals surface area contributed by atoms with Crippen molar-refractivity contribution in [2.24, 2.45) is 0 Å². The van der Waals surface area contributed by atoms with Crippen LogP contribution in [0, 0.1) is 12.3 Å². The van der Waals surface area contributed by atoms with Gasteiger partial charge >= 0.3 is 0 Å². The summed E-state index contributed by atoms with van der Waals surface area (Å²) in [6.07, 6.45) is 11.2. The van der Waals surface area contributed by atoms with E-state index in [-0.39, 0.29) is 5.66 Å². The molecule has 8 nitrogen and oxygen atoms in total. The highest BCUT2D eigenvalue weighted by Crippen LogP contribution is 2.28. The zero-order valence-corrected chi connectivity index (χ0v) is 18.2. The molecule has 0 amide bonds. The predicted octanol–water partition coefficient (Wildman–Crippen LogP) is 2.27. The third-order valence-corrected chi connectivity index (χ3v) is 6.27. The van der Waals surface area contributed by atoms with Crippen molar-refractivity contribution in [2.75, 3.05) is 37.7 Å². The summed E-state index contributed by atoms with van der Waals surface area (Å²) in [4.78, 5) is 17.0. The van der Waals surface area contributed by atoms with Crippen LogP contribution < -0.4 is 20.5 Å². The predicted molar refractivity (Wildman–Crippen MR) is 125 cm³/mol. The summed E-state index contributed by atoms with van der Waals surface area (Å²) >= 11 is 0. The third-order valence-electron chi connectivity index (χ3n) is 6.27. The fourth-order valence-corrected chi connectivity index (χ4v) is 4.31. The normalized spacial score (nSPS) is 17.9. The summed E-state index contributed by atoms with van der Waals surface area (Å²) in [6.45, 7) is 5.26. The number of aromatic amines is 1. The van der Waals surface area contributed by atoms with Crippen LogP contribution in [-0.4, -0.2) is 58.3 Å². The lowest BCUT2D eigenvalue weighted by atomic mass is 10.1. The molecule has 0 saturated carbocycles. The van der Waals surface area contributed by atoms with Gasteiger partial charge in [-0.2, -0.15) is 0 Å². The van der Waals surface area contributed by atoms with Gasteiger partial charge in [0.15, 0.2) is 11.6 Å². The topological polar surface area (TPSA) is 101 Å². The first kappa shape index (κ1) is 20.8. The van der Waals surface area contributed by atoms with Gasteiger partial charge in [-0.15, -0.1) is 12.3 Å². The second-order valence-corrected chi connectivity index (χ2v) is 8.49. The number of hydrazine groups is 1. The van der Waals surface area contributed by atoms with Crippen LogP contribution in [0.15, 0.2) is 42.9 Å². The van der Waals surface area contributed by atoms with E-state index in [1.807, 2.05) is 0 Å². The molecule has 3 aromatic rings. The minimum Gasteiger partial charge on any atom is -0.488 e.